The van der Waals surface area contributed by atoms with E-state index in [1.165, 1.54) is 18.4 Å². The van der Waals surface area contributed by atoms with Crippen molar-refractivity contribution in [3.05, 3.63) is 16.6 Å². The van der Waals surface area contributed by atoms with Crippen molar-refractivity contribution in [3.63, 3.8) is 0 Å². The van der Waals surface area contributed by atoms with E-state index >= 15 is 0 Å². The molecule has 1 atom stereocenters. The van der Waals surface area contributed by atoms with Crippen LogP contribution in [0.2, 0.25) is 0 Å². The Hall–Kier alpha value is -0.980. The summed E-state index contributed by atoms with van der Waals surface area (Å²) >= 11 is 1.49. The lowest BCUT2D eigenvalue weighted by atomic mass is 10.2. The smallest absolute Gasteiger partial charge is 0.328 e. The molecule has 0 aromatic carbocycles. The van der Waals surface area contributed by atoms with Gasteiger partial charge in [0.2, 0.25) is 0 Å². The van der Waals surface area contributed by atoms with Crippen molar-refractivity contribution >= 4 is 17.3 Å². The van der Waals surface area contributed by atoms with Crippen LogP contribution in [0.3, 0.4) is 0 Å². The lowest BCUT2D eigenvalue weighted by molar-refractivity contribution is -0.147. The lowest BCUT2D eigenvalue weighted by Crippen LogP contribution is -2.47. The van der Waals surface area contributed by atoms with Crippen molar-refractivity contribution in [1.29, 1.82) is 0 Å². The first-order valence-corrected chi connectivity index (χ1v) is 6.12. The molecule has 1 aliphatic rings. The number of nitrogens with one attached hydrogen (secondary N) is 1. The van der Waals surface area contributed by atoms with Gasteiger partial charge in [0.05, 0.1) is 17.5 Å². The van der Waals surface area contributed by atoms with Crippen LogP contribution < -0.4 is 5.32 Å². The number of esters is 1. The molecule has 2 rings (SSSR count). The Labute approximate surface area is 98.4 Å². The zero-order valence-corrected chi connectivity index (χ0v) is 10.00. The zero-order chi connectivity index (χ0) is 11.4. The molecule has 0 spiro atoms. The van der Waals surface area contributed by atoms with Crippen molar-refractivity contribution in [3.8, 4) is 0 Å². The van der Waals surface area contributed by atoms with E-state index < -0.39 is 0 Å². The van der Waals surface area contributed by atoms with E-state index in [1.807, 2.05) is 0 Å². The number of ether oxygens (including phenoxy) is 1. The first kappa shape index (κ1) is 11.5. The molecule has 1 N–H and O–H groups in total. The van der Waals surface area contributed by atoms with Crippen molar-refractivity contribution < 1.29 is 9.53 Å². The highest BCUT2D eigenvalue weighted by Crippen LogP contribution is 2.25. The molecule has 1 unspecified atom stereocenters. The summed E-state index contributed by atoms with van der Waals surface area (Å²) < 4.78 is 4.87. The van der Waals surface area contributed by atoms with Gasteiger partial charge < -0.3 is 10.1 Å². The Bertz CT molecular complexity index is 336. The second kappa shape index (κ2) is 5.38. The number of hydrogen-bond acceptors (Lipinski definition) is 6. The maximum Gasteiger partial charge on any atom is 0.328 e. The zero-order valence-electron chi connectivity index (χ0n) is 9.18. The Kier molecular flexibility index (Phi) is 3.87. The number of piperazine rings is 1. The van der Waals surface area contributed by atoms with Gasteiger partial charge in [0.25, 0.3) is 0 Å². The molecular weight excluding hydrogens is 226 g/mol. The van der Waals surface area contributed by atoms with E-state index in [1.54, 1.807) is 11.7 Å². The number of rotatable bonds is 3. The van der Waals surface area contributed by atoms with E-state index in [0.717, 1.165) is 31.1 Å². The van der Waals surface area contributed by atoms with Gasteiger partial charge >= 0.3 is 5.97 Å². The summed E-state index contributed by atoms with van der Waals surface area (Å²) in [6.07, 6.45) is 1.74. The molecule has 1 saturated heterocycles. The molecular formula is C10H15N3O2S. The minimum Gasteiger partial charge on any atom is -0.468 e. The van der Waals surface area contributed by atoms with E-state index in [2.05, 4.69) is 15.2 Å². The van der Waals surface area contributed by atoms with Crippen LogP contribution in [-0.2, 0) is 9.53 Å². The third kappa shape index (κ3) is 2.40. The van der Waals surface area contributed by atoms with Crippen LogP contribution >= 0.6 is 11.3 Å². The number of thiazole rings is 1. The van der Waals surface area contributed by atoms with Gasteiger partial charge in [-0.05, 0) is 0 Å². The molecule has 88 valence electrons. The standard InChI is InChI=1S/C10H15N3O2S/c1-15-10(14)9(8-6-12-7-16-8)13-4-2-11-3-5-13/h6-7,9,11H,2-5H2,1H3. The number of carbonyl (C=O) groups is 1. The van der Waals surface area contributed by atoms with Crippen LogP contribution in [0.5, 0.6) is 0 Å². The van der Waals surface area contributed by atoms with Gasteiger partial charge in [-0.3, -0.25) is 9.88 Å². The van der Waals surface area contributed by atoms with Crippen molar-refractivity contribution in [2.75, 3.05) is 33.3 Å². The van der Waals surface area contributed by atoms with E-state index in [-0.39, 0.29) is 12.0 Å². The largest absolute Gasteiger partial charge is 0.468 e. The van der Waals surface area contributed by atoms with Gasteiger partial charge in [0.15, 0.2) is 0 Å². The molecule has 0 aliphatic carbocycles. The second-order valence-corrected chi connectivity index (χ2v) is 4.53. The number of nitrogens with zero attached hydrogens (tertiary/aromatic N) is 2. The lowest BCUT2D eigenvalue weighted by Gasteiger charge is -2.32. The first-order valence-electron chi connectivity index (χ1n) is 5.24. The Morgan fingerprint density at radius 3 is 2.94 bits per heavy atom. The number of carbonyl (C=O) groups excluding carboxylic acids is 1. The molecule has 2 heterocycles. The summed E-state index contributed by atoms with van der Waals surface area (Å²) in [5.74, 6) is -0.203. The Morgan fingerprint density at radius 2 is 2.38 bits per heavy atom. The fraction of sp³-hybridized carbons (Fsp3) is 0.600. The minimum atomic E-state index is -0.292. The van der Waals surface area contributed by atoms with Crippen LogP contribution in [0.25, 0.3) is 0 Å². The maximum absolute atomic E-state index is 11.8. The summed E-state index contributed by atoms with van der Waals surface area (Å²) in [5, 5.41) is 3.27. The summed E-state index contributed by atoms with van der Waals surface area (Å²) in [7, 11) is 1.43. The van der Waals surface area contributed by atoms with Crippen LogP contribution in [-0.4, -0.2) is 49.1 Å². The SMILES string of the molecule is COC(=O)C(c1cncs1)N1CCNCC1. The third-order valence-corrected chi connectivity index (χ3v) is 3.49. The van der Waals surface area contributed by atoms with Crippen LogP contribution in [0.4, 0.5) is 0 Å². The summed E-state index contributed by atoms with van der Waals surface area (Å²) in [4.78, 5) is 18.9. The molecule has 0 radical (unpaired) electrons. The third-order valence-electron chi connectivity index (χ3n) is 2.66. The highest BCUT2D eigenvalue weighted by Gasteiger charge is 2.30. The number of aromatic nitrogens is 1. The fourth-order valence-corrected chi connectivity index (χ4v) is 2.60. The van der Waals surface area contributed by atoms with E-state index in [0.29, 0.717) is 0 Å². The molecule has 6 heteroatoms. The van der Waals surface area contributed by atoms with E-state index in [4.69, 9.17) is 4.74 Å². The highest BCUT2D eigenvalue weighted by molar-refractivity contribution is 7.09. The fourth-order valence-electron chi connectivity index (χ4n) is 1.86. The molecule has 0 amide bonds. The Morgan fingerprint density at radius 1 is 1.62 bits per heavy atom. The van der Waals surface area contributed by atoms with Gasteiger partial charge in [-0.25, -0.2) is 4.79 Å². The normalized spacial score (nSPS) is 19.3. The van der Waals surface area contributed by atoms with Crippen molar-refractivity contribution in [2.45, 2.75) is 6.04 Å². The predicted octanol–water partition coefficient (Wildman–Crippen LogP) is 0.262. The second-order valence-electron chi connectivity index (χ2n) is 3.62. The van der Waals surface area contributed by atoms with Crippen molar-refractivity contribution in [2.24, 2.45) is 0 Å². The van der Waals surface area contributed by atoms with E-state index in [9.17, 15) is 4.79 Å². The first-order chi connectivity index (χ1) is 7.83. The highest BCUT2D eigenvalue weighted by atomic mass is 32.1. The van der Waals surface area contributed by atoms with Gasteiger partial charge in [-0.15, -0.1) is 11.3 Å². The van der Waals surface area contributed by atoms with Gasteiger partial charge in [-0.1, -0.05) is 0 Å². The monoisotopic (exact) mass is 241 g/mol. The quantitative estimate of drug-likeness (QED) is 0.769. The molecule has 1 fully saturated rings. The summed E-state index contributed by atoms with van der Waals surface area (Å²) in [6, 6.07) is -0.292. The van der Waals surface area contributed by atoms with Gasteiger partial charge in [-0.2, -0.15) is 0 Å². The van der Waals surface area contributed by atoms with Crippen molar-refractivity contribution in [1.82, 2.24) is 15.2 Å². The Balaban J connectivity index is 2.17. The van der Waals surface area contributed by atoms with Gasteiger partial charge in [0, 0.05) is 32.4 Å². The van der Waals surface area contributed by atoms with Crippen LogP contribution in [0.15, 0.2) is 11.7 Å². The topological polar surface area (TPSA) is 54.5 Å². The molecule has 1 aliphatic heterocycles. The molecule has 5 nitrogen and oxygen atoms in total. The van der Waals surface area contributed by atoms with Crippen LogP contribution in [0, 0.1) is 0 Å². The molecule has 0 saturated carbocycles. The average molecular weight is 241 g/mol. The summed E-state index contributed by atoms with van der Waals surface area (Å²) in [5.41, 5.74) is 1.74. The maximum atomic E-state index is 11.8. The minimum absolute atomic E-state index is 0.203. The number of methoxy groups -OCH3 is 1. The predicted molar refractivity (Wildman–Crippen MR) is 61.3 cm³/mol. The van der Waals surface area contributed by atoms with Gasteiger partial charge in [0.1, 0.15) is 6.04 Å². The molecule has 1 aromatic rings. The summed E-state index contributed by atoms with van der Waals surface area (Å²) in [6.45, 7) is 3.54. The molecule has 0 bridgehead atoms. The molecule has 1 aromatic heterocycles. The molecule has 16 heavy (non-hydrogen) atoms. The van der Waals surface area contributed by atoms with Crippen LogP contribution in [0.1, 0.15) is 10.9 Å². The number of hydrogen-bond donors (Lipinski definition) is 1. The average Bonchev–Trinajstić information content (AvgIpc) is 2.84.